The van der Waals surface area contributed by atoms with Gasteiger partial charge >= 0.3 is 17.9 Å². The number of allylic oxidation sites excluding steroid dienone is 2. The molecular formula is C73H140O6. The van der Waals surface area contributed by atoms with Crippen LogP contribution in [-0.2, 0) is 28.6 Å². The highest BCUT2D eigenvalue weighted by atomic mass is 16.6. The molecule has 0 aliphatic rings. The van der Waals surface area contributed by atoms with E-state index in [2.05, 4.69) is 32.9 Å². The zero-order valence-corrected chi connectivity index (χ0v) is 53.9. The second kappa shape index (κ2) is 68.6. The molecule has 0 radical (unpaired) electrons. The molecule has 0 aromatic carbocycles. The summed E-state index contributed by atoms with van der Waals surface area (Å²) in [5.74, 6) is -0.839. The van der Waals surface area contributed by atoms with Crippen LogP contribution in [0.5, 0.6) is 0 Å². The number of esters is 3. The van der Waals surface area contributed by atoms with Crippen molar-refractivity contribution in [3.05, 3.63) is 12.2 Å². The second-order valence-corrected chi connectivity index (χ2v) is 24.9. The molecule has 0 heterocycles. The normalized spacial score (nSPS) is 12.0. The molecule has 0 saturated heterocycles. The quantitative estimate of drug-likeness (QED) is 0.0261. The van der Waals surface area contributed by atoms with Crippen LogP contribution in [0.25, 0.3) is 0 Å². The zero-order valence-electron chi connectivity index (χ0n) is 53.9. The van der Waals surface area contributed by atoms with Crippen molar-refractivity contribution < 1.29 is 28.6 Å². The molecule has 468 valence electrons. The Labute approximate surface area is 494 Å². The van der Waals surface area contributed by atoms with Gasteiger partial charge in [0.25, 0.3) is 0 Å². The molecule has 79 heavy (non-hydrogen) atoms. The van der Waals surface area contributed by atoms with Gasteiger partial charge in [0, 0.05) is 19.3 Å². The van der Waals surface area contributed by atoms with Crippen LogP contribution in [0.4, 0.5) is 0 Å². The minimum absolute atomic E-state index is 0.0636. The third-order valence-corrected chi connectivity index (χ3v) is 16.8. The fraction of sp³-hybridized carbons (Fsp3) is 0.932. The molecule has 0 amide bonds. The van der Waals surface area contributed by atoms with Crippen LogP contribution in [0.1, 0.15) is 419 Å². The third-order valence-electron chi connectivity index (χ3n) is 16.8. The lowest BCUT2D eigenvalue weighted by molar-refractivity contribution is -0.167. The van der Waals surface area contributed by atoms with Gasteiger partial charge in [0.2, 0.25) is 0 Å². The van der Waals surface area contributed by atoms with E-state index in [1.807, 2.05) is 0 Å². The summed E-state index contributed by atoms with van der Waals surface area (Å²) in [6.07, 6.45) is 82.9. The summed E-state index contributed by atoms with van der Waals surface area (Å²) in [5.41, 5.74) is 0. The van der Waals surface area contributed by atoms with Crippen molar-refractivity contribution in [1.29, 1.82) is 0 Å². The number of hydrogen-bond donors (Lipinski definition) is 0. The SMILES string of the molecule is CCCCCCCCCC/C=C\CCCCCCCCCCCCCCCC(=O)OC(COC(=O)CCCCCCCCC)COC(=O)CCCCCCCCCCCCCCCCCCCCCCCCCCCCCCC. The van der Waals surface area contributed by atoms with Gasteiger partial charge in [-0.3, -0.25) is 14.4 Å². The van der Waals surface area contributed by atoms with Crippen LogP contribution in [0.15, 0.2) is 12.2 Å². The van der Waals surface area contributed by atoms with Gasteiger partial charge in [-0.15, -0.1) is 0 Å². The molecule has 0 bridgehead atoms. The predicted molar refractivity (Wildman–Crippen MR) is 344 cm³/mol. The molecule has 0 rings (SSSR count). The van der Waals surface area contributed by atoms with Crippen molar-refractivity contribution in [2.24, 2.45) is 0 Å². The van der Waals surface area contributed by atoms with E-state index in [4.69, 9.17) is 14.2 Å². The predicted octanol–water partition coefficient (Wildman–Crippen LogP) is 24.8. The van der Waals surface area contributed by atoms with Crippen LogP contribution in [0.2, 0.25) is 0 Å². The molecule has 0 aliphatic heterocycles. The molecule has 0 aromatic rings. The molecule has 0 fully saturated rings. The molecule has 0 aliphatic carbocycles. The number of ether oxygens (including phenoxy) is 3. The van der Waals surface area contributed by atoms with Crippen molar-refractivity contribution in [2.45, 2.75) is 425 Å². The van der Waals surface area contributed by atoms with Gasteiger partial charge in [-0.05, 0) is 44.9 Å². The number of unbranched alkanes of at least 4 members (excludes halogenated alkanes) is 55. The number of carbonyl (C=O) groups is 3. The van der Waals surface area contributed by atoms with Crippen LogP contribution in [-0.4, -0.2) is 37.2 Å². The number of carbonyl (C=O) groups excluding carboxylic acids is 3. The Bertz CT molecular complexity index is 1230. The minimum atomic E-state index is -0.764. The van der Waals surface area contributed by atoms with Crippen LogP contribution in [0, 0.1) is 0 Å². The van der Waals surface area contributed by atoms with Crippen molar-refractivity contribution >= 4 is 17.9 Å². The third kappa shape index (κ3) is 66.8. The Morgan fingerprint density at radius 1 is 0.241 bits per heavy atom. The van der Waals surface area contributed by atoms with E-state index in [0.717, 1.165) is 57.8 Å². The monoisotopic (exact) mass is 1110 g/mol. The minimum Gasteiger partial charge on any atom is -0.462 e. The van der Waals surface area contributed by atoms with E-state index in [1.165, 1.54) is 321 Å². The van der Waals surface area contributed by atoms with E-state index in [-0.39, 0.29) is 31.1 Å². The van der Waals surface area contributed by atoms with Gasteiger partial charge in [0.1, 0.15) is 13.2 Å². The van der Waals surface area contributed by atoms with Gasteiger partial charge < -0.3 is 14.2 Å². The maximum absolute atomic E-state index is 12.9. The average Bonchev–Trinajstić information content (AvgIpc) is 3.45. The first-order valence-electron chi connectivity index (χ1n) is 36.2. The molecule has 0 aromatic heterocycles. The Morgan fingerprint density at radius 2 is 0.418 bits per heavy atom. The summed E-state index contributed by atoms with van der Waals surface area (Å²) in [5, 5.41) is 0. The lowest BCUT2D eigenvalue weighted by Crippen LogP contribution is -2.30. The first-order valence-corrected chi connectivity index (χ1v) is 36.2. The molecule has 1 unspecified atom stereocenters. The van der Waals surface area contributed by atoms with Gasteiger partial charge in [-0.2, -0.15) is 0 Å². The first kappa shape index (κ1) is 77.2. The van der Waals surface area contributed by atoms with Gasteiger partial charge in [-0.1, -0.05) is 367 Å². The highest BCUT2D eigenvalue weighted by Gasteiger charge is 2.19. The van der Waals surface area contributed by atoms with Gasteiger partial charge in [-0.25, -0.2) is 0 Å². The van der Waals surface area contributed by atoms with E-state index in [0.29, 0.717) is 19.3 Å². The Morgan fingerprint density at radius 3 is 0.633 bits per heavy atom. The Balaban J connectivity index is 3.98. The van der Waals surface area contributed by atoms with Crippen LogP contribution < -0.4 is 0 Å². The fourth-order valence-electron chi connectivity index (χ4n) is 11.3. The van der Waals surface area contributed by atoms with Crippen molar-refractivity contribution in [1.82, 2.24) is 0 Å². The first-order chi connectivity index (χ1) is 39.0. The van der Waals surface area contributed by atoms with Gasteiger partial charge in [0.15, 0.2) is 6.10 Å². The fourth-order valence-corrected chi connectivity index (χ4v) is 11.3. The molecule has 0 spiro atoms. The van der Waals surface area contributed by atoms with Crippen LogP contribution in [0.3, 0.4) is 0 Å². The smallest absolute Gasteiger partial charge is 0.306 e. The van der Waals surface area contributed by atoms with Crippen molar-refractivity contribution in [2.75, 3.05) is 13.2 Å². The highest BCUT2D eigenvalue weighted by Crippen LogP contribution is 2.19. The highest BCUT2D eigenvalue weighted by molar-refractivity contribution is 5.71. The topological polar surface area (TPSA) is 78.9 Å². The second-order valence-electron chi connectivity index (χ2n) is 24.9. The Hall–Kier alpha value is -1.85. The van der Waals surface area contributed by atoms with E-state index < -0.39 is 6.10 Å². The van der Waals surface area contributed by atoms with E-state index >= 15 is 0 Å². The lowest BCUT2D eigenvalue weighted by atomic mass is 10.0. The Kier molecular flexibility index (Phi) is 67.0. The summed E-state index contributed by atoms with van der Waals surface area (Å²) >= 11 is 0. The average molecular weight is 1110 g/mol. The molecule has 6 nitrogen and oxygen atoms in total. The standard InChI is InChI=1S/C73H140O6/c1-4-7-10-13-16-18-20-22-24-26-28-30-32-34-35-36-37-39-40-42-44-46-48-50-52-54-57-60-63-66-72(75)78-69-70(68-77-71(74)65-62-59-56-15-12-9-6-3)79-73(76)67-64-61-58-55-53-51-49-47-45-43-41-38-33-31-29-27-25-23-21-19-17-14-11-8-5-2/h27,29,70H,4-26,28,30-69H2,1-3H3/b29-27-. The summed E-state index contributed by atoms with van der Waals surface area (Å²) < 4.78 is 16.9. The molecular weight excluding hydrogens is 973 g/mol. The zero-order chi connectivity index (χ0) is 57.1. The maximum Gasteiger partial charge on any atom is 0.306 e. The summed E-state index contributed by atoms with van der Waals surface area (Å²) in [7, 11) is 0. The summed E-state index contributed by atoms with van der Waals surface area (Å²) in [4.78, 5) is 38.2. The number of rotatable bonds is 68. The number of hydrogen-bond acceptors (Lipinski definition) is 6. The summed E-state index contributed by atoms with van der Waals surface area (Å²) in [6.45, 7) is 6.68. The van der Waals surface area contributed by atoms with E-state index in [1.54, 1.807) is 0 Å². The van der Waals surface area contributed by atoms with Crippen molar-refractivity contribution in [3.63, 3.8) is 0 Å². The van der Waals surface area contributed by atoms with Crippen LogP contribution >= 0.6 is 0 Å². The molecule has 6 heteroatoms. The van der Waals surface area contributed by atoms with Crippen molar-refractivity contribution in [3.8, 4) is 0 Å². The largest absolute Gasteiger partial charge is 0.462 e. The molecule has 1 atom stereocenters. The maximum atomic E-state index is 12.9. The molecule has 0 saturated carbocycles. The van der Waals surface area contributed by atoms with E-state index in [9.17, 15) is 14.4 Å². The lowest BCUT2D eigenvalue weighted by Gasteiger charge is -2.18. The van der Waals surface area contributed by atoms with Gasteiger partial charge in [0.05, 0.1) is 0 Å². The summed E-state index contributed by atoms with van der Waals surface area (Å²) in [6, 6.07) is 0. The molecule has 0 N–H and O–H groups in total.